The van der Waals surface area contributed by atoms with Crippen LogP contribution in [0.15, 0.2) is 12.1 Å². The molecule has 0 amide bonds. The summed E-state index contributed by atoms with van der Waals surface area (Å²) in [6, 6.07) is 2.53. The molecule has 1 rings (SSSR count). The number of rotatable bonds is 6. The van der Waals surface area contributed by atoms with E-state index in [1.807, 2.05) is 0 Å². The van der Waals surface area contributed by atoms with Gasteiger partial charge in [0.05, 0.1) is 19.8 Å². The second-order valence-corrected chi connectivity index (χ2v) is 4.10. The molecular weight excluding hydrogens is 264 g/mol. The molecule has 18 heavy (non-hydrogen) atoms. The lowest BCUT2D eigenvalue weighted by atomic mass is 10.0. The van der Waals surface area contributed by atoms with Crippen LogP contribution in [0.4, 0.5) is 5.82 Å². The molecule has 8 heteroatoms. The van der Waals surface area contributed by atoms with Crippen LogP contribution in [-0.2, 0) is 0 Å². The molecule has 0 aliphatic heterocycles. The van der Waals surface area contributed by atoms with Gasteiger partial charge in [-0.25, -0.2) is 9.78 Å². The quantitative estimate of drug-likeness (QED) is 0.446. The number of anilines is 1. The molecule has 0 aliphatic carbocycles. The number of aliphatic hydroxyl groups excluding tert-OH is 3. The summed E-state index contributed by atoms with van der Waals surface area (Å²) in [7, 11) is 0. The average Bonchev–Trinajstić information content (AvgIpc) is 2.36. The highest BCUT2D eigenvalue weighted by Crippen LogP contribution is 2.20. The average molecular weight is 277 g/mol. The largest absolute Gasteiger partial charge is 0.478 e. The molecule has 7 nitrogen and oxygen atoms in total. The number of hydrogen-bond acceptors (Lipinski definition) is 6. The number of nitrogens with one attached hydrogen (secondary N) is 1. The summed E-state index contributed by atoms with van der Waals surface area (Å²) >= 11 is 5.65. The number of aromatic nitrogens is 1. The summed E-state index contributed by atoms with van der Waals surface area (Å²) in [6.07, 6.45) is 0. The summed E-state index contributed by atoms with van der Waals surface area (Å²) in [5.74, 6) is -1.38. The van der Waals surface area contributed by atoms with Crippen LogP contribution in [0.25, 0.3) is 0 Å². The Hall–Kier alpha value is -1.41. The van der Waals surface area contributed by atoms with Gasteiger partial charge in [0.25, 0.3) is 0 Å². The van der Waals surface area contributed by atoms with Crippen LogP contribution < -0.4 is 5.32 Å². The van der Waals surface area contributed by atoms with Crippen molar-refractivity contribution >= 4 is 23.4 Å². The third-order valence-corrected chi connectivity index (χ3v) is 2.59. The molecule has 0 radical (unpaired) electrons. The van der Waals surface area contributed by atoms with Crippen LogP contribution in [0.3, 0.4) is 0 Å². The van der Waals surface area contributed by atoms with E-state index in [1.54, 1.807) is 0 Å². The number of carboxylic acids is 1. The minimum atomic E-state index is -1.47. The minimum absolute atomic E-state index is 0.0465. The van der Waals surface area contributed by atoms with Gasteiger partial charge < -0.3 is 25.7 Å². The smallest absolute Gasteiger partial charge is 0.339 e. The number of aromatic carboxylic acids is 1. The fraction of sp³-hybridized carbons (Fsp3) is 0.400. The van der Waals surface area contributed by atoms with Crippen LogP contribution in [0, 0.1) is 0 Å². The normalized spacial score (nSPS) is 11.3. The fourth-order valence-corrected chi connectivity index (χ4v) is 1.37. The first-order valence-electron chi connectivity index (χ1n) is 4.98. The van der Waals surface area contributed by atoms with Gasteiger partial charge in [-0.2, -0.15) is 0 Å². The topological polar surface area (TPSA) is 123 Å². The van der Waals surface area contributed by atoms with E-state index >= 15 is 0 Å². The second kappa shape index (κ2) is 5.96. The lowest BCUT2D eigenvalue weighted by Crippen LogP contribution is -2.49. The molecule has 1 aromatic heterocycles. The van der Waals surface area contributed by atoms with Gasteiger partial charge in [-0.1, -0.05) is 11.6 Å². The van der Waals surface area contributed by atoms with Crippen LogP contribution in [-0.4, -0.2) is 56.7 Å². The Kier molecular flexibility index (Phi) is 4.85. The van der Waals surface area contributed by atoms with E-state index in [0.29, 0.717) is 0 Å². The molecule has 0 spiro atoms. The van der Waals surface area contributed by atoms with Gasteiger partial charge in [-0.15, -0.1) is 0 Å². The third kappa shape index (κ3) is 3.08. The van der Waals surface area contributed by atoms with E-state index < -0.39 is 31.3 Å². The molecule has 100 valence electrons. The third-order valence-electron chi connectivity index (χ3n) is 2.38. The predicted molar refractivity (Wildman–Crippen MR) is 63.8 cm³/mol. The van der Waals surface area contributed by atoms with E-state index in [0.717, 1.165) is 0 Å². The molecule has 0 atom stereocenters. The molecule has 0 unspecified atom stereocenters. The van der Waals surface area contributed by atoms with Crippen molar-refractivity contribution in [2.24, 2.45) is 0 Å². The number of hydrogen-bond donors (Lipinski definition) is 5. The number of nitrogens with zero attached hydrogens (tertiary/aromatic N) is 1. The molecule has 1 aromatic rings. The van der Waals surface area contributed by atoms with Gasteiger partial charge in [0.1, 0.15) is 22.1 Å². The van der Waals surface area contributed by atoms with Crippen LogP contribution >= 0.6 is 11.6 Å². The zero-order chi connectivity index (χ0) is 13.8. The molecule has 0 saturated carbocycles. The highest BCUT2D eigenvalue weighted by Gasteiger charge is 2.30. The summed E-state index contributed by atoms with van der Waals surface area (Å²) in [4.78, 5) is 14.7. The first kappa shape index (κ1) is 14.7. The van der Waals surface area contributed by atoms with Crippen molar-refractivity contribution in [1.82, 2.24) is 4.98 Å². The Balaban J connectivity index is 3.16. The summed E-state index contributed by atoms with van der Waals surface area (Å²) in [5.41, 5.74) is -1.65. The Morgan fingerprint density at radius 2 is 1.83 bits per heavy atom. The minimum Gasteiger partial charge on any atom is -0.478 e. The summed E-state index contributed by atoms with van der Waals surface area (Å²) < 4.78 is 0. The molecule has 0 bridgehead atoms. The number of carboxylic acid groups (broad SMARTS) is 1. The monoisotopic (exact) mass is 276 g/mol. The van der Waals surface area contributed by atoms with Crippen molar-refractivity contribution in [2.75, 3.05) is 25.1 Å². The molecular formula is C10H13ClN2O5. The van der Waals surface area contributed by atoms with Gasteiger partial charge in [-0.3, -0.25) is 0 Å². The van der Waals surface area contributed by atoms with E-state index in [4.69, 9.17) is 32.0 Å². The van der Waals surface area contributed by atoms with E-state index in [-0.39, 0.29) is 16.5 Å². The second-order valence-electron chi connectivity index (χ2n) is 3.71. The van der Waals surface area contributed by atoms with Gasteiger partial charge in [0.15, 0.2) is 0 Å². The molecule has 5 N–H and O–H groups in total. The maximum Gasteiger partial charge on any atom is 0.339 e. The Labute approximate surface area is 108 Å². The van der Waals surface area contributed by atoms with E-state index in [9.17, 15) is 4.79 Å². The lowest BCUT2D eigenvalue weighted by Gasteiger charge is -2.29. The number of pyridine rings is 1. The molecule has 1 heterocycles. The van der Waals surface area contributed by atoms with Crippen LogP contribution in [0.5, 0.6) is 0 Å². The molecule has 0 fully saturated rings. The van der Waals surface area contributed by atoms with Gasteiger partial charge >= 0.3 is 5.97 Å². The first-order valence-corrected chi connectivity index (χ1v) is 5.36. The van der Waals surface area contributed by atoms with Crippen molar-refractivity contribution in [3.63, 3.8) is 0 Å². The standard InChI is InChI=1S/C10H13ClN2O5/c11-7-2-1-6(9(17)18)8(12-7)13-10(3-14,4-15)5-16/h1-2,14-16H,3-5H2,(H,12,13)(H,17,18). The summed E-state index contributed by atoms with van der Waals surface area (Å²) in [5, 5.41) is 39.0. The highest BCUT2D eigenvalue weighted by atomic mass is 35.5. The molecule has 0 saturated heterocycles. The number of carbonyl (C=O) groups is 1. The van der Waals surface area contributed by atoms with Gasteiger partial charge in [-0.05, 0) is 12.1 Å². The first-order chi connectivity index (χ1) is 8.48. The Bertz CT molecular complexity index is 428. The van der Waals surface area contributed by atoms with Crippen LogP contribution in [0.1, 0.15) is 10.4 Å². The highest BCUT2D eigenvalue weighted by molar-refractivity contribution is 6.29. The van der Waals surface area contributed by atoms with E-state index in [2.05, 4.69) is 10.3 Å². The zero-order valence-electron chi connectivity index (χ0n) is 9.30. The number of aliphatic hydroxyl groups is 3. The lowest BCUT2D eigenvalue weighted by molar-refractivity contribution is 0.0691. The fourth-order valence-electron chi connectivity index (χ4n) is 1.22. The number of halogens is 1. The van der Waals surface area contributed by atoms with Crippen molar-refractivity contribution in [1.29, 1.82) is 0 Å². The van der Waals surface area contributed by atoms with E-state index in [1.165, 1.54) is 12.1 Å². The van der Waals surface area contributed by atoms with Gasteiger partial charge in [0, 0.05) is 0 Å². The van der Waals surface area contributed by atoms with Crippen molar-refractivity contribution in [2.45, 2.75) is 5.54 Å². The van der Waals surface area contributed by atoms with Crippen LogP contribution in [0.2, 0.25) is 5.15 Å². The Morgan fingerprint density at radius 3 is 2.28 bits per heavy atom. The molecule has 0 aromatic carbocycles. The summed E-state index contributed by atoms with van der Waals surface area (Å²) in [6.45, 7) is -1.81. The maximum absolute atomic E-state index is 11.0. The SMILES string of the molecule is O=C(O)c1ccc(Cl)nc1NC(CO)(CO)CO. The predicted octanol–water partition coefficient (Wildman–Crippen LogP) is -0.439. The maximum atomic E-state index is 11.0. The van der Waals surface area contributed by atoms with Crippen molar-refractivity contribution in [3.8, 4) is 0 Å². The van der Waals surface area contributed by atoms with Gasteiger partial charge in [0.2, 0.25) is 0 Å². The molecule has 0 aliphatic rings. The zero-order valence-corrected chi connectivity index (χ0v) is 10.1. The van der Waals surface area contributed by atoms with Crippen molar-refractivity contribution in [3.05, 3.63) is 22.8 Å². The van der Waals surface area contributed by atoms with Crippen molar-refractivity contribution < 1.29 is 25.2 Å². The Morgan fingerprint density at radius 1 is 1.28 bits per heavy atom.